The average Bonchev–Trinajstić information content (AvgIpc) is 2.72. The fourth-order valence-corrected chi connectivity index (χ4v) is 2.91. The molecule has 7 heteroatoms. The molecule has 0 aliphatic heterocycles. The van der Waals surface area contributed by atoms with Crippen LogP contribution in [0.2, 0.25) is 0 Å². The molecule has 0 saturated carbocycles. The summed E-state index contributed by atoms with van der Waals surface area (Å²) in [6.45, 7) is 12.9. The predicted molar refractivity (Wildman–Crippen MR) is 103 cm³/mol. The van der Waals surface area contributed by atoms with Crippen LogP contribution in [0.15, 0.2) is 29.2 Å². The first-order valence-corrected chi connectivity index (χ1v) is 8.95. The van der Waals surface area contributed by atoms with Gasteiger partial charge in [0.15, 0.2) is 0 Å². The molecule has 2 aromatic rings. The number of carbonyl (C=O) groups excluding carboxylic acids is 1. The van der Waals surface area contributed by atoms with Gasteiger partial charge in [0.1, 0.15) is 11.6 Å². The zero-order valence-corrected chi connectivity index (χ0v) is 17.1. The topological polar surface area (TPSA) is 86.4 Å². The lowest BCUT2D eigenvalue weighted by Crippen LogP contribution is -2.41. The molecular formula is C20H29N3O4. The molecule has 2 aromatic heterocycles. The van der Waals surface area contributed by atoms with E-state index in [-0.39, 0.29) is 12.4 Å². The SMILES string of the molecule is Cc1cccc(Cn2c(O)cn([C@H](C(=O)OC(C)(C)C)C(C)(C)C)c2=O)n1. The number of rotatable bonds is 4. The highest BCUT2D eigenvalue weighted by atomic mass is 16.6. The Morgan fingerprint density at radius 2 is 1.85 bits per heavy atom. The van der Waals surface area contributed by atoms with Gasteiger partial charge in [-0.1, -0.05) is 26.8 Å². The molecule has 148 valence electrons. The second kappa shape index (κ2) is 7.21. The molecule has 0 fully saturated rings. The third-order valence-corrected chi connectivity index (χ3v) is 3.98. The summed E-state index contributed by atoms with van der Waals surface area (Å²) in [5.41, 5.74) is -0.288. The molecule has 0 aliphatic carbocycles. The molecular weight excluding hydrogens is 346 g/mol. The molecule has 27 heavy (non-hydrogen) atoms. The summed E-state index contributed by atoms with van der Waals surface area (Å²) < 4.78 is 7.97. The number of aryl methyl sites for hydroxylation is 1. The summed E-state index contributed by atoms with van der Waals surface area (Å²) in [6.07, 6.45) is 1.29. The van der Waals surface area contributed by atoms with E-state index in [1.807, 2.05) is 39.8 Å². The number of aromatic nitrogens is 3. The highest BCUT2D eigenvalue weighted by Crippen LogP contribution is 2.33. The lowest BCUT2D eigenvalue weighted by atomic mass is 9.86. The van der Waals surface area contributed by atoms with E-state index in [1.54, 1.807) is 26.8 Å². The lowest BCUT2D eigenvalue weighted by Gasteiger charge is -2.32. The van der Waals surface area contributed by atoms with Crippen LogP contribution in [-0.4, -0.2) is 30.8 Å². The smallest absolute Gasteiger partial charge is 0.332 e. The van der Waals surface area contributed by atoms with E-state index in [0.717, 1.165) is 5.69 Å². The van der Waals surface area contributed by atoms with Crippen molar-refractivity contribution in [2.75, 3.05) is 0 Å². The monoisotopic (exact) mass is 375 g/mol. The number of aromatic hydroxyl groups is 1. The number of hydrogen-bond donors (Lipinski definition) is 1. The van der Waals surface area contributed by atoms with Crippen molar-refractivity contribution in [1.82, 2.24) is 14.1 Å². The Morgan fingerprint density at radius 3 is 2.37 bits per heavy atom. The Hall–Kier alpha value is -2.57. The minimum Gasteiger partial charge on any atom is -0.493 e. The number of imidazole rings is 1. The van der Waals surface area contributed by atoms with E-state index in [0.29, 0.717) is 5.69 Å². The van der Waals surface area contributed by atoms with Gasteiger partial charge in [0.05, 0.1) is 18.4 Å². The van der Waals surface area contributed by atoms with Gasteiger partial charge in [-0.15, -0.1) is 0 Å². The molecule has 0 radical (unpaired) electrons. The second-order valence-corrected chi connectivity index (χ2v) is 8.84. The molecule has 0 saturated heterocycles. The van der Waals surface area contributed by atoms with Gasteiger partial charge >= 0.3 is 11.7 Å². The van der Waals surface area contributed by atoms with Crippen molar-refractivity contribution in [2.24, 2.45) is 5.41 Å². The summed E-state index contributed by atoms with van der Waals surface area (Å²) in [4.78, 5) is 30.1. The Bertz CT molecular complexity index is 882. The van der Waals surface area contributed by atoms with Gasteiger partial charge in [-0.2, -0.15) is 0 Å². The van der Waals surface area contributed by atoms with Crippen LogP contribution < -0.4 is 5.69 Å². The van der Waals surface area contributed by atoms with Gasteiger partial charge in [-0.05, 0) is 45.2 Å². The van der Waals surface area contributed by atoms with Crippen LogP contribution in [0.5, 0.6) is 5.88 Å². The molecule has 0 unspecified atom stereocenters. The maximum Gasteiger partial charge on any atom is 0.332 e. The Kier molecular flexibility index (Phi) is 5.54. The van der Waals surface area contributed by atoms with Crippen molar-refractivity contribution >= 4 is 5.97 Å². The van der Waals surface area contributed by atoms with Crippen molar-refractivity contribution in [1.29, 1.82) is 0 Å². The zero-order chi connectivity index (χ0) is 20.6. The second-order valence-electron chi connectivity index (χ2n) is 8.84. The number of hydrogen-bond acceptors (Lipinski definition) is 5. The van der Waals surface area contributed by atoms with Crippen LogP contribution in [0.1, 0.15) is 59.0 Å². The first kappa shape index (κ1) is 20.7. The average molecular weight is 375 g/mol. The molecule has 2 heterocycles. The van der Waals surface area contributed by atoms with E-state index >= 15 is 0 Å². The van der Waals surface area contributed by atoms with Crippen molar-refractivity contribution in [3.05, 3.63) is 46.3 Å². The minimum absolute atomic E-state index is 0.116. The maximum atomic E-state index is 13.0. The molecule has 7 nitrogen and oxygen atoms in total. The number of carbonyl (C=O) groups is 1. The summed E-state index contributed by atoms with van der Waals surface area (Å²) >= 11 is 0. The van der Waals surface area contributed by atoms with Crippen LogP contribution in [0, 0.1) is 12.3 Å². The van der Waals surface area contributed by atoms with E-state index < -0.39 is 28.7 Å². The number of nitrogens with zero attached hydrogens (tertiary/aromatic N) is 3. The summed E-state index contributed by atoms with van der Waals surface area (Å²) in [5.74, 6) is -0.732. The molecule has 0 aliphatic rings. The van der Waals surface area contributed by atoms with Gasteiger partial charge in [-0.3, -0.25) is 14.1 Å². The van der Waals surface area contributed by atoms with Crippen LogP contribution in [0.25, 0.3) is 0 Å². The quantitative estimate of drug-likeness (QED) is 0.830. The highest BCUT2D eigenvalue weighted by molar-refractivity contribution is 5.75. The van der Waals surface area contributed by atoms with Crippen molar-refractivity contribution in [2.45, 2.75) is 66.7 Å². The number of esters is 1. The van der Waals surface area contributed by atoms with E-state index in [4.69, 9.17) is 4.74 Å². The molecule has 0 spiro atoms. The van der Waals surface area contributed by atoms with Gasteiger partial charge < -0.3 is 9.84 Å². The predicted octanol–water partition coefficient (Wildman–Crippen LogP) is 3.04. The van der Waals surface area contributed by atoms with Gasteiger partial charge in [-0.25, -0.2) is 9.59 Å². The van der Waals surface area contributed by atoms with Crippen LogP contribution in [0.3, 0.4) is 0 Å². The third kappa shape index (κ3) is 4.99. The van der Waals surface area contributed by atoms with Crippen molar-refractivity contribution in [3.63, 3.8) is 0 Å². The zero-order valence-electron chi connectivity index (χ0n) is 17.1. The first-order chi connectivity index (χ1) is 12.3. The lowest BCUT2D eigenvalue weighted by molar-refractivity contribution is -0.162. The van der Waals surface area contributed by atoms with Crippen molar-refractivity contribution in [3.8, 4) is 5.88 Å². The summed E-state index contributed by atoms with van der Waals surface area (Å²) in [6, 6.07) is 4.61. The van der Waals surface area contributed by atoms with Gasteiger partial charge in [0, 0.05) is 5.69 Å². The Labute approximate surface area is 159 Å². The Morgan fingerprint density at radius 1 is 1.22 bits per heavy atom. The fourth-order valence-electron chi connectivity index (χ4n) is 2.91. The van der Waals surface area contributed by atoms with Gasteiger partial charge in [0.2, 0.25) is 5.88 Å². The largest absolute Gasteiger partial charge is 0.493 e. The molecule has 1 atom stereocenters. The summed E-state index contributed by atoms with van der Waals surface area (Å²) in [7, 11) is 0. The van der Waals surface area contributed by atoms with E-state index in [2.05, 4.69) is 4.98 Å². The molecule has 1 N–H and O–H groups in total. The molecule has 0 amide bonds. The van der Waals surface area contributed by atoms with Gasteiger partial charge in [0.25, 0.3) is 0 Å². The van der Waals surface area contributed by atoms with Crippen molar-refractivity contribution < 1.29 is 14.6 Å². The number of ether oxygens (including phenoxy) is 1. The number of pyridine rings is 1. The minimum atomic E-state index is -0.873. The maximum absolute atomic E-state index is 13.0. The molecule has 0 bridgehead atoms. The van der Waals surface area contributed by atoms with Crippen LogP contribution >= 0.6 is 0 Å². The fraction of sp³-hybridized carbons (Fsp3) is 0.550. The summed E-state index contributed by atoms with van der Waals surface area (Å²) in [5, 5.41) is 10.3. The van der Waals surface area contributed by atoms with E-state index in [1.165, 1.54) is 15.3 Å². The normalized spacial score (nSPS) is 13.4. The molecule has 2 rings (SSSR count). The molecule has 0 aromatic carbocycles. The standard InChI is InChI=1S/C20H29N3O4/c1-13-9-8-10-14(21-13)11-22-15(24)12-23(18(22)26)16(19(2,3)4)17(25)27-20(5,6)7/h8-10,12,16,24H,11H2,1-7H3/t16-/m1/s1. The first-order valence-electron chi connectivity index (χ1n) is 8.95. The van der Waals surface area contributed by atoms with Crippen LogP contribution in [-0.2, 0) is 16.1 Å². The van der Waals surface area contributed by atoms with E-state index in [9.17, 15) is 14.7 Å². The Balaban J connectivity index is 2.47. The highest BCUT2D eigenvalue weighted by Gasteiger charge is 2.38. The van der Waals surface area contributed by atoms with Crippen LogP contribution in [0.4, 0.5) is 0 Å². The third-order valence-electron chi connectivity index (χ3n) is 3.98.